The van der Waals surface area contributed by atoms with E-state index in [4.69, 9.17) is 14.2 Å². The van der Waals surface area contributed by atoms with Gasteiger partial charge in [-0.1, -0.05) is 85.0 Å². The molecule has 3 aliphatic heterocycles. The molecule has 2 fully saturated rings. The Labute approximate surface area is 341 Å². The second kappa shape index (κ2) is 16.2. The normalized spacial score (nSPS) is 22.4. The molecule has 0 bridgehead atoms. The van der Waals surface area contributed by atoms with E-state index in [2.05, 4.69) is 42.5 Å². The van der Waals surface area contributed by atoms with Crippen LogP contribution in [0, 0.1) is 5.92 Å². The van der Waals surface area contributed by atoms with Crippen LogP contribution in [0.3, 0.4) is 0 Å². The molecule has 8 rings (SSSR count). The Bertz CT molecular complexity index is 2250. The fraction of sp³-hybridized carbons (Fsp3) is 0.391. The van der Waals surface area contributed by atoms with Gasteiger partial charge < -0.3 is 29.1 Å². The van der Waals surface area contributed by atoms with Gasteiger partial charge in [0.25, 0.3) is 5.91 Å². The van der Waals surface area contributed by atoms with Crippen molar-refractivity contribution in [3.05, 3.63) is 126 Å². The molecule has 0 saturated carbocycles. The van der Waals surface area contributed by atoms with Gasteiger partial charge in [-0.05, 0) is 78.4 Å². The first-order valence-electron chi connectivity index (χ1n) is 20.4. The summed E-state index contributed by atoms with van der Waals surface area (Å²) in [5.74, 6) is 1.06. The SMILES string of the molecule is COc1ccc([Si](C)(C)[C@H]2[C@H](CCn3cc(C(CO)c4ccccc4)nn3)O[C@@]3(C(=O)N(Cc4ccc(N5CCCCC5=O)cc4)c4ccc(OC)cc43)[C@@H]2C)cc1. The number of methoxy groups -OCH3 is 2. The lowest BCUT2D eigenvalue weighted by molar-refractivity contribution is -0.146. The van der Waals surface area contributed by atoms with Crippen LogP contribution in [0.25, 0.3) is 0 Å². The molecule has 302 valence electrons. The lowest BCUT2D eigenvalue weighted by atomic mass is 9.82. The number of anilines is 2. The Morgan fingerprint density at radius 3 is 2.34 bits per heavy atom. The molecule has 5 atom stereocenters. The molecule has 1 aromatic heterocycles. The Kier molecular flexibility index (Phi) is 11.0. The second-order valence-corrected chi connectivity index (χ2v) is 21.1. The van der Waals surface area contributed by atoms with Gasteiger partial charge in [-0.25, -0.2) is 0 Å². The molecular weight excluding hydrogens is 747 g/mol. The van der Waals surface area contributed by atoms with Crippen molar-refractivity contribution in [2.45, 2.75) is 82.0 Å². The number of carbonyl (C=O) groups is 2. The van der Waals surface area contributed by atoms with E-state index >= 15 is 4.79 Å². The lowest BCUT2D eigenvalue weighted by Crippen LogP contribution is -2.51. The Hall–Kier alpha value is -5.30. The van der Waals surface area contributed by atoms with Gasteiger partial charge in [0, 0.05) is 42.9 Å². The minimum Gasteiger partial charge on any atom is -0.497 e. The Morgan fingerprint density at radius 2 is 1.66 bits per heavy atom. The highest BCUT2D eigenvalue weighted by atomic mass is 28.3. The molecule has 0 radical (unpaired) electrons. The van der Waals surface area contributed by atoms with Gasteiger partial charge in [-0.15, -0.1) is 5.10 Å². The van der Waals surface area contributed by atoms with Crippen molar-refractivity contribution in [2.75, 3.05) is 37.2 Å². The van der Waals surface area contributed by atoms with Crippen LogP contribution >= 0.6 is 0 Å². The van der Waals surface area contributed by atoms with Gasteiger partial charge in [0.1, 0.15) is 11.5 Å². The van der Waals surface area contributed by atoms with Crippen molar-refractivity contribution in [3.8, 4) is 11.5 Å². The number of carbonyl (C=O) groups excluding carboxylic acids is 2. The van der Waals surface area contributed by atoms with E-state index in [0.29, 0.717) is 37.4 Å². The van der Waals surface area contributed by atoms with Crippen molar-refractivity contribution < 1.29 is 28.9 Å². The minimum atomic E-state index is -2.39. The highest BCUT2D eigenvalue weighted by molar-refractivity contribution is 6.91. The quantitative estimate of drug-likeness (QED) is 0.130. The number of benzene rings is 4. The number of nitrogens with zero attached hydrogens (tertiary/aromatic N) is 5. The maximum Gasteiger partial charge on any atom is 0.264 e. The second-order valence-electron chi connectivity index (χ2n) is 16.4. The summed E-state index contributed by atoms with van der Waals surface area (Å²) >= 11 is 0. The van der Waals surface area contributed by atoms with Gasteiger partial charge >= 0.3 is 0 Å². The maximum atomic E-state index is 15.4. The van der Waals surface area contributed by atoms with Crippen molar-refractivity contribution in [1.82, 2.24) is 15.0 Å². The van der Waals surface area contributed by atoms with Crippen molar-refractivity contribution in [3.63, 3.8) is 0 Å². The molecule has 12 heteroatoms. The molecular formula is C46H53N5O6Si. The predicted octanol–water partition coefficient (Wildman–Crippen LogP) is 6.79. The van der Waals surface area contributed by atoms with E-state index < -0.39 is 13.7 Å². The average molecular weight is 800 g/mol. The molecule has 2 saturated heterocycles. The first-order valence-corrected chi connectivity index (χ1v) is 23.4. The standard InChI is InChI=1S/C46H53N5O6Si/c1-31-44(58(4,5)37-21-18-35(55-2)19-22-37)42(24-26-49-29-40(47-48-49)38(30-52)33-11-7-6-8-12-33)57-46(31)39-27-36(56-3)20-23-41(39)51(45(46)54)28-32-14-16-34(17-15-32)50-25-10-9-13-43(50)53/h6-8,11-12,14-23,27,29,31,38,42,44,52H,9-10,13,24-26,28,30H2,1-5H3/t31-,38?,42+,44-,46+/m1/s1. The molecule has 2 amide bonds. The number of aliphatic hydroxyl groups excluding tert-OH is 1. The van der Waals surface area contributed by atoms with Crippen LogP contribution in [0.2, 0.25) is 18.6 Å². The van der Waals surface area contributed by atoms with Crippen LogP contribution in [0.5, 0.6) is 11.5 Å². The number of hydrogen-bond donors (Lipinski definition) is 1. The molecule has 1 unspecified atom stereocenters. The Morgan fingerprint density at radius 1 is 0.931 bits per heavy atom. The minimum absolute atomic E-state index is 0.0303. The number of aliphatic hydroxyl groups is 1. The van der Waals surface area contributed by atoms with Gasteiger partial charge in [-0.3, -0.25) is 14.3 Å². The zero-order valence-electron chi connectivity index (χ0n) is 34.0. The van der Waals surface area contributed by atoms with E-state index in [1.807, 2.05) is 106 Å². The summed E-state index contributed by atoms with van der Waals surface area (Å²) in [4.78, 5) is 31.8. The summed E-state index contributed by atoms with van der Waals surface area (Å²) in [5, 5.41) is 20.6. The first kappa shape index (κ1) is 39.5. The van der Waals surface area contributed by atoms with E-state index in [9.17, 15) is 9.90 Å². The molecule has 58 heavy (non-hydrogen) atoms. The van der Waals surface area contributed by atoms with E-state index in [1.165, 1.54) is 5.19 Å². The van der Waals surface area contributed by atoms with Crippen LogP contribution in [-0.2, 0) is 33.0 Å². The summed E-state index contributed by atoms with van der Waals surface area (Å²) in [6.45, 7) is 8.47. The fourth-order valence-electron chi connectivity index (χ4n) is 9.79. The summed E-state index contributed by atoms with van der Waals surface area (Å²) in [7, 11) is 0.929. The number of piperidine rings is 1. The molecule has 4 heterocycles. The first-order chi connectivity index (χ1) is 28.1. The number of ether oxygens (including phenoxy) is 3. The van der Waals surface area contributed by atoms with Crippen LogP contribution in [-0.4, -0.2) is 73.5 Å². The summed E-state index contributed by atoms with van der Waals surface area (Å²) in [5.41, 5.74) is 3.95. The zero-order valence-corrected chi connectivity index (χ0v) is 35.0. The smallest absolute Gasteiger partial charge is 0.264 e. The van der Waals surface area contributed by atoms with Gasteiger partial charge in [0.05, 0.1) is 58.8 Å². The van der Waals surface area contributed by atoms with Gasteiger partial charge in [0.2, 0.25) is 5.91 Å². The van der Waals surface area contributed by atoms with Crippen molar-refractivity contribution >= 4 is 36.4 Å². The van der Waals surface area contributed by atoms with Crippen LogP contribution in [0.15, 0.2) is 103 Å². The van der Waals surface area contributed by atoms with Gasteiger partial charge in [0.15, 0.2) is 5.60 Å². The average Bonchev–Trinajstić information content (AvgIpc) is 3.91. The van der Waals surface area contributed by atoms with Crippen molar-refractivity contribution in [2.24, 2.45) is 5.92 Å². The molecule has 1 N–H and O–H groups in total. The molecule has 4 aromatic carbocycles. The molecule has 3 aliphatic rings. The highest BCUT2D eigenvalue weighted by Gasteiger charge is 2.66. The third-order valence-corrected chi connectivity index (χ3v) is 17.3. The maximum absolute atomic E-state index is 15.4. The number of hydrogen-bond acceptors (Lipinski definition) is 8. The largest absolute Gasteiger partial charge is 0.497 e. The van der Waals surface area contributed by atoms with Crippen molar-refractivity contribution in [1.29, 1.82) is 0 Å². The molecule has 11 nitrogen and oxygen atoms in total. The fourth-order valence-corrected chi connectivity index (χ4v) is 13.8. The number of amides is 2. The highest BCUT2D eigenvalue weighted by Crippen LogP contribution is 2.60. The van der Waals surface area contributed by atoms with Crippen LogP contribution in [0.1, 0.15) is 60.9 Å². The summed E-state index contributed by atoms with van der Waals surface area (Å²) < 4.78 is 20.5. The molecule has 1 spiro atoms. The monoisotopic (exact) mass is 799 g/mol. The number of rotatable bonds is 13. The van der Waals surface area contributed by atoms with Crippen LogP contribution in [0.4, 0.5) is 11.4 Å². The zero-order chi connectivity index (χ0) is 40.6. The summed E-state index contributed by atoms with van der Waals surface area (Å²) in [6.07, 6.45) is 4.72. The lowest BCUT2D eigenvalue weighted by Gasteiger charge is -2.37. The van der Waals surface area contributed by atoms with Crippen LogP contribution < -0.4 is 24.5 Å². The topological polar surface area (TPSA) is 119 Å². The number of aryl methyl sites for hydroxylation is 1. The number of aromatic nitrogens is 3. The van der Waals surface area contributed by atoms with E-state index in [-0.39, 0.29) is 41.9 Å². The summed E-state index contributed by atoms with van der Waals surface area (Å²) in [6, 6.07) is 32.1. The van der Waals surface area contributed by atoms with E-state index in [0.717, 1.165) is 53.2 Å². The van der Waals surface area contributed by atoms with Gasteiger partial charge in [-0.2, -0.15) is 0 Å². The molecule has 0 aliphatic carbocycles. The third kappa shape index (κ3) is 7.00. The molecule has 5 aromatic rings. The van der Waals surface area contributed by atoms with E-state index in [1.54, 1.807) is 14.2 Å². The Balaban J connectivity index is 1.14. The predicted molar refractivity (Wildman–Crippen MR) is 226 cm³/mol. The number of fused-ring (bicyclic) bond motifs is 2. The third-order valence-electron chi connectivity index (χ3n) is 12.9.